The fourth-order valence-electron chi connectivity index (χ4n) is 2.45. The second kappa shape index (κ2) is 5.26. The highest BCUT2D eigenvalue weighted by molar-refractivity contribution is 5.93. The molecule has 98 valence electrons. The number of aryl methyl sites for hydroxylation is 2. The Bertz CT molecular complexity index is 551. The van der Waals surface area contributed by atoms with Crippen molar-refractivity contribution in [1.29, 1.82) is 0 Å². The van der Waals surface area contributed by atoms with Crippen LogP contribution in [0.4, 0.5) is 0 Å². The Kier molecular flexibility index (Phi) is 3.31. The number of rotatable bonds is 3. The molecule has 0 spiro atoms. The van der Waals surface area contributed by atoms with Crippen LogP contribution in [0.15, 0.2) is 30.3 Å². The van der Waals surface area contributed by atoms with Crippen molar-refractivity contribution in [3.8, 4) is 0 Å². The van der Waals surface area contributed by atoms with Crippen molar-refractivity contribution in [2.75, 3.05) is 0 Å². The molecule has 4 heteroatoms. The molecular weight excluding hydrogens is 238 g/mol. The smallest absolute Gasteiger partial charge is 0.251 e. The molecule has 0 bridgehead atoms. The highest BCUT2D eigenvalue weighted by Crippen LogP contribution is 2.18. The Balaban J connectivity index is 1.63. The van der Waals surface area contributed by atoms with Crippen molar-refractivity contribution in [2.24, 2.45) is 0 Å². The van der Waals surface area contributed by atoms with Crippen molar-refractivity contribution in [3.63, 3.8) is 0 Å². The van der Waals surface area contributed by atoms with Crippen molar-refractivity contribution in [1.82, 2.24) is 15.3 Å². The van der Waals surface area contributed by atoms with Gasteiger partial charge in [0.05, 0.1) is 12.2 Å². The van der Waals surface area contributed by atoms with E-state index in [1.54, 1.807) is 0 Å². The quantitative estimate of drug-likeness (QED) is 0.883. The number of amides is 1. The maximum absolute atomic E-state index is 11.9. The monoisotopic (exact) mass is 255 g/mol. The van der Waals surface area contributed by atoms with Gasteiger partial charge in [0.1, 0.15) is 5.82 Å². The molecule has 0 aliphatic heterocycles. The third-order valence-electron chi connectivity index (χ3n) is 3.46. The van der Waals surface area contributed by atoms with Gasteiger partial charge in [0.15, 0.2) is 0 Å². The third kappa shape index (κ3) is 2.67. The molecule has 0 radical (unpaired) electrons. The summed E-state index contributed by atoms with van der Waals surface area (Å²) in [7, 11) is 0. The normalized spacial score (nSPS) is 13.9. The Morgan fingerprint density at radius 1 is 1.21 bits per heavy atom. The molecule has 1 aromatic heterocycles. The van der Waals surface area contributed by atoms with Gasteiger partial charge in [0.25, 0.3) is 5.91 Å². The van der Waals surface area contributed by atoms with Gasteiger partial charge in [-0.1, -0.05) is 18.2 Å². The van der Waals surface area contributed by atoms with Crippen molar-refractivity contribution < 1.29 is 4.79 Å². The lowest BCUT2D eigenvalue weighted by Gasteiger charge is -2.07. The van der Waals surface area contributed by atoms with Gasteiger partial charge in [0.2, 0.25) is 0 Å². The van der Waals surface area contributed by atoms with Gasteiger partial charge < -0.3 is 10.3 Å². The minimum Gasteiger partial charge on any atom is -0.345 e. The summed E-state index contributed by atoms with van der Waals surface area (Å²) in [5, 5.41) is 2.89. The molecule has 2 N–H and O–H groups in total. The van der Waals surface area contributed by atoms with Crippen LogP contribution in [0.5, 0.6) is 0 Å². The van der Waals surface area contributed by atoms with Crippen molar-refractivity contribution in [2.45, 2.75) is 32.2 Å². The molecule has 1 aliphatic rings. The van der Waals surface area contributed by atoms with E-state index in [9.17, 15) is 4.79 Å². The highest BCUT2D eigenvalue weighted by Gasteiger charge is 2.14. The summed E-state index contributed by atoms with van der Waals surface area (Å²) >= 11 is 0. The molecule has 1 amide bonds. The number of hydrogen-bond acceptors (Lipinski definition) is 2. The van der Waals surface area contributed by atoms with Crippen LogP contribution in [-0.4, -0.2) is 15.9 Å². The number of hydrogen-bond donors (Lipinski definition) is 2. The number of nitrogens with one attached hydrogen (secondary N) is 2. The van der Waals surface area contributed by atoms with E-state index in [0.717, 1.165) is 18.7 Å². The average molecular weight is 255 g/mol. The van der Waals surface area contributed by atoms with Gasteiger partial charge in [-0.15, -0.1) is 0 Å². The lowest BCUT2D eigenvalue weighted by Crippen LogP contribution is -2.23. The van der Waals surface area contributed by atoms with E-state index in [-0.39, 0.29) is 5.91 Å². The van der Waals surface area contributed by atoms with Crippen molar-refractivity contribution in [3.05, 3.63) is 53.1 Å². The standard InChI is InChI=1S/C15H17N3O/c19-15(11-6-2-1-3-7-11)16-10-14-17-12-8-4-5-9-13(12)18-14/h1-3,6-7H,4-5,8-10H2,(H,16,19)(H,17,18). The van der Waals surface area contributed by atoms with Crippen LogP contribution < -0.4 is 5.32 Å². The van der Waals surface area contributed by atoms with Gasteiger partial charge in [-0.25, -0.2) is 4.98 Å². The minimum atomic E-state index is -0.0602. The summed E-state index contributed by atoms with van der Waals surface area (Å²) in [4.78, 5) is 19.8. The molecule has 1 aliphatic carbocycles. The number of fused-ring (bicyclic) bond motifs is 1. The summed E-state index contributed by atoms with van der Waals surface area (Å²) in [6.45, 7) is 0.459. The largest absolute Gasteiger partial charge is 0.345 e. The second-order valence-electron chi connectivity index (χ2n) is 4.86. The number of aromatic amines is 1. The zero-order chi connectivity index (χ0) is 13.1. The maximum atomic E-state index is 11.9. The van der Waals surface area contributed by atoms with Crippen molar-refractivity contribution >= 4 is 5.91 Å². The van der Waals surface area contributed by atoms with Gasteiger partial charge in [-0.3, -0.25) is 4.79 Å². The Morgan fingerprint density at radius 3 is 2.79 bits per heavy atom. The number of aromatic nitrogens is 2. The molecule has 0 fully saturated rings. The average Bonchev–Trinajstić information content (AvgIpc) is 2.88. The molecule has 0 unspecified atom stereocenters. The van der Waals surface area contributed by atoms with E-state index >= 15 is 0 Å². The van der Waals surface area contributed by atoms with Crippen LogP contribution in [0.1, 0.15) is 40.4 Å². The van der Waals surface area contributed by atoms with E-state index in [1.165, 1.54) is 24.2 Å². The van der Waals surface area contributed by atoms with Gasteiger partial charge in [-0.2, -0.15) is 0 Å². The summed E-state index contributed by atoms with van der Waals surface area (Å²) in [5.74, 6) is 0.797. The summed E-state index contributed by atoms with van der Waals surface area (Å²) in [6, 6.07) is 9.24. The van der Waals surface area contributed by atoms with E-state index in [1.807, 2.05) is 30.3 Å². The first kappa shape index (κ1) is 12.0. The minimum absolute atomic E-state index is 0.0602. The number of carbonyl (C=O) groups excluding carboxylic acids is 1. The second-order valence-corrected chi connectivity index (χ2v) is 4.86. The fraction of sp³-hybridized carbons (Fsp3) is 0.333. The maximum Gasteiger partial charge on any atom is 0.251 e. The number of nitrogens with zero attached hydrogens (tertiary/aromatic N) is 1. The first-order valence-corrected chi connectivity index (χ1v) is 6.73. The molecular formula is C15H17N3O. The first-order valence-electron chi connectivity index (χ1n) is 6.73. The van der Waals surface area contributed by atoms with E-state index < -0.39 is 0 Å². The van der Waals surface area contributed by atoms with Crippen LogP contribution in [0.25, 0.3) is 0 Å². The molecule has 1 aromatic carbocycles. The third-order valence-corrected chi connectivity index (χ3v) is 3.46. The topological polar surface area (TPSA) is 57.8 Å². The molecule has 4 nitrogen and oxygen atoms in total. The van der Waals surface area contributed by atoms with Crippen LogP contribution in [0.2, 0.25) is 0 Å². The van der Waals surface area contributed by atoms with Crippen LogP contribution in [0.3, 0.4) is 0 Å². The van der Waals surface area contributed by atoms with Crippen LogP contribution in [-0.2, 0) is 19.4 Å². The molecule has 19 heavy (non-hydrogen) atoms. The molecule has 0 saturated carbocycles. The molecule has 0 atom stereocenters. The summed E-state index contributed by atoms with van der Waals surface area (Å²) in [6.07, 6.45) is 4.58. The number of carbonyl (C=O) groups is 1. The molecule has 1 heterocycles. The van der Waals surface area contributed by atoms with Crippen LogP contribution in [0, 0.1) is 0 Å². The summed E-state index contributed by atoms with van der Waals surface area (Å²) < 4.78 is 0. The van der Waals surface area contributed by atoms with Gasteiger partial charge >= 0.3 is 0 Å². The zero-order valence-electron chi connectivity index (χ0n) is 10.8. The molecule has 0 saturated heterocycles. The van der Waals surface area contributed by atoms with E-state index in [4.69, 9.17) is 0 Å². The Labute approximate surface area is 112 Å². The zero-order valence-corrected chi connectivity index (χ0v) is 10.8. The van der Waals surface area contributed by atoms with Gasteiger partial charge in [-0.05, 0) is 37.8 Å². The van der Waals surface area contributed by atoms with Gasteiger partial charge in [0, 0.05) is 11.3 Å². The predicted molar refractivity (Wildman–Crippen MR) is 72.8 cm³/mol. The van der Waals surface area contributed by atoms with E-state index in [0.29, 0.717) is 12.1 Å². The Hall–Kier alpha value is -2.10. The number of imidazole rings is 1. The lowest BCUT2D eigenvalue weighted by molar-refractivity contribution is 0.0950. The van der Waals surface area contributed by atoms with E-state index in [2.05, 4.69) is 15.3 Å². The summed E-state index contributed by atoms with van der Waals surface area (Å²) in [5.41, 5.74) is 3.10. The SMILES string of the molecule is O=C(NCc1nc2c([nH]1)CCCC2)c1ccccc1. The Morgan fingerprint density at radius 2 is 2.00 bits per heavy atom. The van der Waals surface area contributed by atoms with Crippen LogP contribution >= 0.6 is 0 Å². The predicted octanol–water partition coefficient (Wildman–Crippen LogP) is 2.22. The molecule has 3 rings (SSSR count). The number of H-pyrrole nitrogens is 1. The highest BCUT2D eigenvalue weighted by atomic mass is 16.1. The fourth-order valence-corrected chi connectivity index (χ4v) is 2.45. The number of benzene rings is 1. The lowest BCUT2D eigenvalue weighted by atomic mass is 10.0. The molecule has 2 aromatic rings. The first-order chi connectivity index (χ1) is 9.33.